The van der Waals surface area contributed by atoms with Crippen molar-refractivity contribution in [2.75, 3.05) is 0 Å². The Morgan fingerprint density at radius 3 is 2.56 bits per heavy atom. The lowest BCUT2D eigenvalue weighted by atomic mass is 10.1. The number of carbonyl (C=O) groups is 1. The smallest absolute Gasteiger partial charge is 0.330 e. The van der Waals surface area contributed by atoms with Gasteiger partial charge in [-0.3, -0.25) is 19.1 Å². The molecule has 11 heteroatoms. The SMILES string of the molecule is CCCCn1c(=O)[nH]c(=O)c2c1nc(CCC(=O)OCc1nc(CC(C)C)no1)n2CC(C)C. The Labute approximate surface area is 197 Å². The van der Waals surface area contributed by atoms with Crippen molar-refractivity contribution < 1.29 is 14.1 Å². The molecule has 1 N–H and O–H groups in total. The van der Waals surface area contributed by atoms with Crippen LogP contribution in [0.4, 0.5) is 0 Å². The molecule has 186 valence electrons. The molecule has 0 bridgehead atoms. The largest absolute Gasteiger partial charge is 0.456 e. The van der Waals surface area contributed by atoms with Gasteiger partial charge in [0.1, 0.15) is 5.82 Å². The van der Waals surface area contributed by atoms with E-state index in [1.54, 1.807) is 0 Å². The normalized spacial score (nSPS) is 11.7. The average Bonchev–Trinajstić information content (AvgIpc) is 3.34. The molecule has 0 aliphatic rings. The summed E-state index contributed by atoms with van der Waals surface area (Å²) in [5, 5.41) is 3.88. The van der Waals surface area contributed by atoms with Gasteiger partial charge in [-0.1, -0.05) is 46.2 Å². The van der Waals surface area contributed by atoms with Crippen molar-refractivity contribution in [1.82, 2.24) is 29.2 Å². The van der Waals surface area contributed by atoms with E-state index in [1.807, 2.05) is 25.3 Å². The highest BCUT2D eigenvalue weighted by atomic mass is 16.6. The maximum absolute atomic E-state index is 12.7. The minimum Gasteiger partial charge on any atom is -0.456 e. The molecule has 3 rings (SSSR count). The van der Waals surface area contributed by atoms with Crippen molar-refractivity contribution in [3.05, 3.63) is 38.4 Å². The van der Waals surface area contributed by atoms with Crippen LogP contribution >= 0.6 is 0 Å². The fourth-order valence-corrected chi connectivity index (χ4v) is 3.72. The highest BCUT2D eigenvalue weighted by Gasteiger charge is 2.20. The third-order valence-corrected chi connectivity index (χ3v) is 5.26. The number of esters is 1. The van der Waals surface area contributed by atoms with Crippen molar-refractivity contribution in [2.45, 2.75) is 86.4 Å². The second kappa shape index (κ2) is 11.3. The maximum Gasteiger partial charge on any atom is 0.330 e. The summed E-state index contributed by atoms with van der Waals surface area (Å²) >= 11 is 0. The van der Waals surface area contributed by atoms with E-state index in [4.69, 9.17) is 9.26 Å². The van der Waals surface area contributed by atoms with E-state index < -0.39 is 17.2 Å². The number of rotatable bonds is 12. The number of fused-ring (bicyclic) bond motifs is 1. The number of nitrogens with one attached hydrogen (secondary N) is 1. The van der Waals surface area contributed by atoms with Crippen LogP contribution in [0.2, 0.25) is 0 Å². The second-order valence-electron chi connectivity index (χ2n) is 9.33. The molecule has 0 aliphatic heterocycles. The third kappa shape index (κ3) is 6.21. The lowest BCUT2D eigenvalue weighted by Crippen LogP contribution is -2.31. The minimum atomic E-state index is -0.470. The van der Waals surface area contributed by atoms with Gasteiger partial charge in [0, 0.05) is 25.9 Å². The molecular formula is C23H34N6O5. The van der Waals surface area contributed by atoms with Gasteiger partial charge in [0.05, 0.1) is 6.42 Å². The number of ether oxygens (including phenoxy) is 1. The molecule has 3 aromatic rings. The van der Waals surface area contributed by atoms with Crippen LogP contribution < -0.4 is 11.2 Å². The number of aromatic amines is 1. The molecule has 0 radical (unpaired) electrons. The van der Waals surface area contributed by atoms with Crippen molar-refractivity contribution in [3.63, 3.8) is 0 Å². The summed E-state index contributed by atoms with van der Waals surface area (Å²) in [7, 11) is 0. The quantitative estimate of drug-likeness (QED) is 0.395. The van der Waals surface area contributed by atoms with Crippen LogP contribution in [0.5, 0.6) is 0 Å². The van der Waals surface area contributed by atoms with Crippen LogP contribution in [-0.4, -0.2) is 35.2 Å². The van der Waals surface area contributed by atoms with Crippen molar-refractivity contribution in [3.8, 4) is 0 Å². The first kappa shape index (κ1) is 25.4. The first-order valence-corrected chi connectivity index (χ1v) is 11.9. The zero-order chi connectivity index (χ0) is 24.8. The molecule has 0 spiro atoms. The van der Waals surface area contributed by atoms with Gasteiger partial charge in [0.15, 0.2) is 23.6 Å². The number of unbranched alkanes of at least 4 members (excludes halogenated alkanes) is 1. The summed E-state index contributed by atoms with van der Waals surface area (Å²) < 4.78 is 13.7. The molecular weight excluding hydrogens is 440 g/mol. The van der Waals surface area contributed by atoms with Gasteiger partial charge < -0.3 is 13.8 Å². The topological polar surface area (TPSA) is 138 Å². The summed E-state index contributed by atoms with van der Waals surface area (Å²) in [6.45, 7) is 11.1. The predicted octanol–water partition coefficient (Wildman–Crippen LogP) is 2.60. The van der Waals surface area contributed by atoms with E-state index >= 15 is 0 Å². The zero-order valence-electron chi connectivity index (χ0n) is 20.6. The Bertz CT molecular complexity index is 1230. The van der Waals surface area contributed by atoms with Gasteiger partial charge in [-0.2, -0.15) is 4.98 Å². The summed E-state index contributed by atoms with van der Waals surface area (Å²) in [4.78, 5) is 48.7. The summed E-state index contributed by atoms with van der Waals surface area (Å²) in [5.41, 5.74) is -0.225. The van der Waals surface area contributed by atoms with Crippen molar-refractivity contribution in [2.24, 2.45) is 11.8 Å². The fourth-order valence-electron chi connectivity index (χ4n) is 3.72. The Kier molecular flexibility index (Phi) is 8.41. The standard InChI is InChI=1S/C23H34N6O5/c1-6-7-10-28-21-20(22(31)26-23(28)32)29(12-15(4)5)17(25-21)8-9-19(30)33-13-18-24-16(27-34-18)11-14(2)3/h14-15H,6-13H2,1-5H3,(H,26,31,32). The van der Waals surface area contributed by atoms with E-state index in [2.05, 4.69) is 34.0 Å². The Morgan fingerprint density at radius 2 is 1.88 bits per heavy atom. The molecule has 0 unspecified atom stereocenters. The number of nitrogens with zero attached hydrogens (tertiary/aromatic N) is 5. The summed E-state index contributed by atoms with van der Waals surface area (Å²) in [6.07, 6.45) is 2.70. The van der Waals surface area contributed by atoms with Crippen LogP contribution in [0.1, 0.15) is 71.4 Å². The molecule has 0 aromatic carbocycles. The second-order valence-corrected chi connectivity index (χ2v) is 9.33. The molecule has 34 heavy (non-hydrogen) atoms. The Morgan fingerprint density at radius 1 is 1.12 bits per heavy atom. The van der Waals surface area contributed by atoms with Gasteiger partial charge in [0.25, 0.3) is 11.4 Å². The molecule has 0 saturated carbocycles. The Balaban J connectivity index is 1.77. The van der Waals surface area contributed by atoms with Crippen LogP contribution in [0.25, 0.3) is 11.2 Å². The molecule has 0 atom stereocenters. The van der Waals surface area contributed by atoms with Gasteiger partial charge in [-0.25, -0.2) is 9.78 Å². The van der Waals surface area contributed by atoms with Gasteiger partial charge in [-0.15, -0.1) is 0 Å². The number of hydrogen-bond donors (Lipinski definition) is 1. The van der Waals surface area contributed by atoms with E-state index in [0.29, 0.717) is 48.2 Å². The lowest BCUT2D eigenvalue weighted by molar-refractivity contribution is -0.145. The highest BCUT2D eigenvalue weighted by Crippen LogP contribution is 2.16. The molecule has 3 heterocycles. The van der Waals surface area contributed by atoms with E-state index in [-0.39, 0.29) is 31.3 Å². The van der Waals surface area contributed by atoms with Crippen LogP contribution in [-0.2, 0) is 42.1 Å². The number of aromatic nitrogens is 6. The fraction of sp³-hybridized carbons (Fsp3) is 0.652. The first-order valence-electron chi connectivity index (χ1n) is 11.9. The molecule has 0 aliphatic carbocycles. The maximum atomic E-state index is 12.7. The number of carbonyl (C=O) groups excluding carboxylic acids is 1. The first-order chi connectivity index (χ1) is 16.2. The third-order valence-electron chi connectivity index (χ3n) is 5.26. The minimum absolute atomic E-state index is 0.0610. The average molecular weight is 475 g/mol. The lowest BCUT2D eigenvalue weighted by Gasteiger charge is -2.11. The summed E-state index contributed by atoms with van der Waals surface area (Å²) in [5.74, 6) is 1.59. The molecule has 3 aromatic heterocycles. The van der Waals surface area contributed by atoms with Crippen LogP contribution in [0.15, 0.2) is 14.1 Å². The van der Waals surface area contributed by atoms with E-state index in [0.717, 1.165) is 12.8 Å². The van der Waals surface area contributed by atoms with Crippen molar-refractivity contribution in [1.29, 1.82) is 0 Å². The Hall–Kier alpha value is -3.24. The van der Waals surface area contributed by atoms with Gasteiger partial charge in [-0.05, 0) is 18.3 Å². The van der Waals surface area contributed by atoms with Crippen LogP contribution in [0.3, 0.4) is 0 Å². The van der Waals surface area contributed by atoms with Crippen molar-refractivity contribution >= 4 is 17.1 Å². The zero-order valence-corrected chi connectivity index (χ0v) is 20.6. The number of imidazole rings is 1. The molecule has 0 saturated heterocycles. The van der Waals surface area contributed by atoms with Gasteiger partial charge in [0.2, 0.25) is 0 Å². The molecule has 0 amide bonds. The van der Waals surface area contributed by atoms with E-state index in [9.17, 15) is 14.4 Å². The predicted molar refractivity (Wildman–Crippen MR) is 125 cm³/mol. The molecule has 11 nitrogen and oxygen atoms in total. The summed E-state index contributed by atoms with van der Waals surface area (Å²) in [6, 6.07) is 0. The molecule has 0 fully saturated rings. The van der Waals surface area contributed by atoms with Crippen LogP contribution in [0, 0.1) is 11.8 Å². The van der Waals surface area contributed by atoms with E-state index in [1.165, 1.54) is 4.57 Å². The number of H-pyrrole nitrogens is 1. The number of hydrogen-bond acceptors (Lipinski definition) is 8. The number of aryl methyl sites for hydroxylation is 2. The van der Waals surface area contributed by atoms with Gasteiger partial charge >= 0.3 is 11.7 Å². The highest BCUT2D eigenvalue weighted by molar-refractivity contribution is 5.72. The monoisotopic (exact) mass is 474 g/mol.